The van der Waals surface area contributed by atoms with E-state index in [4.69, 9.17) is 15.6 Å². The van der Waals surface area contributed by atoms with Gasteiger partial charge < -0.3 is 20.9 Å². The van der Waals surface area contributed by atoms with Crippen molar-refractivity contribution in [1.29, 1.82) is 0 Å². The van der Waals surface area contributed by atoms with Crippen molar-refractivity contribution < 1.29 is 14.6 Å². The molecule has 0 aliphatic carbocycles. The normalized spacial score (nSPS) is 10.2. The zero-order valence-electron chi connectivity index (χ0n) is 12.3. The van der Waals surface area contributed by atoms with Gasteiger partial charge in [0.15, 0.2) is 0 Å². The maximum atomic E-state index is 10.9. The third-order valence-electron chi connectivity index (χ3n) is 3.12. The van der Waals surface area contributed by atoms with Crippen LogP contribution in [0.2, 0.25) is 0 Å². The van der Waals surface area contributed by atoms with E-state index in [-0.39, 0.29) is 5.56 Å². The van der Waals surface area contributed by atoms with Crippen LogP contribution >= 0.6 is 0 Å². The van der Waals surface area contributed by atoms with Crippen molar-refractivity contribution in [3.8, 4) is 5.75 Å². The maximum Gasteiger partial charge on any atom is 0.335 e. The molecule has 0 fully saturated rings. The molecule has 0 bridgehead atoms. The number of ether oxygens (including phenoxy) is 1. The molecule has 116 valence electrons. The van der Waals surface area contributed by atoms with Crippen molar-refractivity contribution in [3.63, 3.8) is 0 Å². The van der Waals surface area contributed by atoms with Crippen molar-refractivity contribution in [1.82, 2.24) is 0 Å². The van der Waals surface area contributed by atoms with Gasteiger partial charge in [0.25, 0.3) is 0 Å². The first-order valence-electron chi connectivity index (χ1n) is 7.18. The van der Waals surface area contributed by atoms with Gasteiger partial charge >= 0.3 is 5.97 Å². The van der Waals surface area contributed by atoms with Crippen LogP contribution in [0.4, 0.5) is 5.69 Å². The van der Waals surface area contributed by atoms with Crippen molar-refractivity contribution in [2.45, 2.75) is 13.0 Å². The number of benzene rings is 2. The number of anilines is 1. The van der Waals surface area contributed by atoms with Crippen LogP contribution in [-0.4, -0.2) is 24.2 Å². The lowest BCUT2D eigenvalue weighted by molar-refractivity contribution is 0.0696. The molecular formula is C17H20N2O3. The van der Waals surface area contributed by atoms with Crippen LogP contribution in [-0.2, 0) is 6.61 Å². The summed E-state index contributed by atoms with van der Waals surface area (Å²) in [4.78, 5) is 10.9. The summed E-state index contributed by atoms with van der Waals surface area (Å²) in [5, 5.41) is 12.2. The zero-order valence-corrected chi connectivity index (χ0v) is 12.3. The molecule has 2 aromatic rings. The van der Waals surface area contributed by atoms with Crippen LogP contribution in [0, 0.1) is 0 Å². The predicted octanol–water partition coefficient (Wildman–Crippen LogP) is 2.72. The fourth-order valence-electron chi connectivity index (χ4n) is 1.99. The number of carbonyl (C=O) groups is 1. The van der Waals surface area contributed by atoms with Gasteiger partial charge in [0.2, 0.25) is 0 Å². The summed E-state index contributed by atoms with van der Waals surface area (Å²) in [7, 11) is 0. The van der Waals surface area contributed by atoms with E-state index < -0.39 is 5.97 Å². The van der Waals surface area contributed by atoms with Crippen LogP contribution < -0.4 is 15.8 Å². The molecule has 0 amide bonds. The van der Waals surface area contributed by atoms with Crippen LogP contribution in [0.5, 0.6) is 5.75 Å². The Morgan fingerprint density at radius 2 is 2.00 bits per heavy atom. The highest BCUT2D eigenvalue weighted by molar-refractivity contribution is 5.87. The Morgan fingerprint density at radius 1 is 1.18 bits per heavy atom. The van der Waals surface area contributed by atoms with Gasteiger partial charge in [-0.15, -0.1) is 0 Å². The van der Waals surface area contributed by atoms with Gasteiger partial charge in [0.1, 0.15) is 12.4 Å². The van der Waals surface area contributed by atoms with Crippen LogP contribution in [0.1, 0.15) is 22.3 Å². The third kappa shape index (κ3) is 4.79. The molecule has 0 aromatic heterocycles. The molecule has 5 heteroatoms. The maximum absolute atomic E-state index is 10.9. The minimum atomic E-state index is -0.937. The fourth-order valence-corrected chi connectivity index (χ4v) is 1.99. The van der Waals surface area contributed by atoms with E-state index in [0.717, 1.165) is 30.0 Å². The SMILES string of the molecule is NCCCNc1cccc(OCc2cccc(C(=O)O)c2)c1. The second-order valence-electron chi connectivity index (χ2n) is 4.89. The number of hydrogen-bond donors (Lipinski definition) is 3. The highest BCUT2D eigenvalue weighted by Crippen LogP contribution is 2.19. The van der Waals surface area contributed by atoms with Crippen molar-refractivity contribution in [2.24, 2.45) is 5.73 Å². The minimum Gasteiger partial charge on any atom is -0.489 e. The molecule has 0 aliphatic rings. The van der Waals surface area contributed by atoms with E-state index in [0.29, 0.717) is 13.2 Å². The molecule has 0 spiro atoms. The second kappa shape index (κ2) is 8.05. The number of hydrogen-bond acceptors (Lipinski definition) is 4. The minimum absolute atomic E-state index is 0.262. The Morgan fingerprint density at radius 3 is 2.77 bits per heavy atom. The molecule has 5 nitrogen and oxygen atoms in total. The van der Waals surface area contributed by atoms with Crippen LogP contribution in [0.15, 0.2) is 48.5 Å². The monoisotopic (exact) mass is 300 g/mol. The summed E-state index contributed by atoms with van der Waals surface area (Å²) in [5.41, 5.74) is 7.52. The second-order valence-corrected chi connectivity index (χ2v) is 4.89. The van der Waals surface area contributed by atoms with Gasteiger partial charge in [-0.1, -0.05) is 18.2 Å². The Kier molecular flexibility index (Phi) is 5.80. The molecule has 2 rings (SSSR count). The topological polar surface area (TPSA) is 84.6 Å². The van der Waals surface area contributed by atoms with Gasteiger partial charge in [0, 0.05) is 18.3 Å². The van der Waals surface area contributed by atoms with E-state index in [9.17, 15) is 4.79 Å². The summed E-state index contributed by atoms with van der Waals surface area (Å²) >= 11 is 0. The number of aromatic carboxylic acids is 1. The van der Waals surface area contributed by atoms with Crippen molar-refractivity contribution in [2.75, 3.05) is 18.4 Å². The molecule has 0 unspecified atom stereocenters. The van der Waals surface area contributed by atoms with E-state index in [1.165, 1.54) is 0 Å². The molecule has 0 saturated carbocycles. The lowest BCUT2D eigenvalue weighted by Crippen LogP contribution is -2.08. The summed E-state index contributed by atoms with van der Waals surface area (Å²) in [6, 6.07) is 14.4. The van der Waals surface area contributed by atoms with Crippen molar-refractivity contribution >= 4 is 11.7 Å². The van der Waals surface area contributed by atoms with E-state index in [1.807, 2.05) is 30.3 Å². The van der Waals surface area contributed by atoms with Gasteiger partial charge in [-0.2, -0.15) is 0 Å². The Bertz CT molecular complexity index is 629. The fraction of sp³-hybridized carbons (Fsp3) is 0.235. The van der Waals surface area contributed by atoms with E-state index in [2.05, 4.69) is 5.32 Å². The van der Waals surface area contributed by atoms with Gasteiger partial charge in [-0.3, -0.25) is 0 Å². The zero-order chi connectivity index (χ0) is 15.8. The Balaban J connectivity index is 1.95. The summed E-state index contributed by atoms with van der Waals surface area (Å²) in [6.45, 7) is 1.80. The first kappa shape index (κ1) is 15.9. The first-order chi connectivity index (χ1) is 10.7. The lowest BCUT2D eigenvalue weighted by Gasteiger charge is -2.10. The predicted molar refractivity (Wildman–Crippen MR) is 86.3 cm³/mol. The van der Waals surface area contributed by atoms with Crippen LogP contribution in [0.25, 0.3) is 0 Å². The average molecular weight is 300 g/mol. The summed E-state index contributed by atoms with van der Waals surface area (Å²) in [6.07, 6.45) is 0.910. The summed E-state index contributed by atoms with van der Waals surface area (Å²) < 4.78 is 5.72. The molecule has 0 saturated heterocycles. The van der Waals surface area contributed by atoms with Crippen molar-refractivity contribution in [3.05, 3.63) is 59.7 Å². The standard InChI is InChI=1S/C17H20N2O3/c18-8-3-9-19-15-6-2-7-16(11-15)22-12-13-4-1-5-14(10-13)17(20)21/h1-2,4-7,10-11,19H,3,8-9,12,18H2,(H,20,21). The Labute approximate surface area is 129 Å². The molecule has 0 radical (unpaired) electrons. The summed E-state index contributed by atoms with van der Waals surface area (Å²) in [5.74, 6) is -0.202. The largest absolute Gasteiger partial charge is 0.489 e. The number of carboxylic acids is 1. The van der Waals surface area contributed by atoms with Gasteiger partial charge in [-0.05, 0) is 42.8 Å². The number of nitrogens with two attached hydrogens (primary N) is 1. The highest BCUT2D eigenvalue weighted by atomic mass is 16.5. The van der Waals surface area contributed by atoms with E-state index >= 15 is 0 Å². The average Bonchev–Trinajstić information content (AvgIpc) is 2.54. The smallest absolute Gasteiger partial charge is 0.335 e. The third-order valence-corrected chi connectivity index (χ3v) is 3.12. The number of carboxylic acid groups (broad SMARTS) is 1. The number of nitrogens with one attached hydrogen (secondary N) is 1. The lowest BCUT2D eigenvalue weighted by atomic mass is 10.1. The highest BCUT2D eigenvalue weighted by Gasteiger charge is 2.04. The molecule has 0 heterocycles. The van der Waals surface area contributed by atoms with Crippen LogP contribution in [0.3, 0.4) is 0 Å². The molecule has 0 atom stereocenters. The molecule has 22 heavy (non-hydrogen) atoms. The molecular weight excluding hydrogens is 280 g/mol. The number of rotatable bonds is 8. The Hall–Kier alpha value is -2.53. The van der Waals surface area contributed by atoms with E-state index in [1.54, 1.807) is 18.2 Å². The molecule has 0 aliphatic heterocycles. The van der Waals surface area contributed by atoms with Gasteiger partial charge in [-0.25, -0.2) is 4.79 Å². The first-order valence-corrected chi connectivity index (χ1v) is 7.18. The van der Waals surface area contributed by atoms with Gasteiger partial charge in [0.05, 0.1) is 5.56 Å². The molecule has 2 aromatic carbocycles. The quantitative estimate of drug-likeness (QED) is 0.653. The molecule has 4 N–H and O–H groups in total.